The van der Waals surface area contributed by atoms with Crippen LogP contribution in [0.3, 0.4) is 0 Å². The van der Waals surface area contributed by atoms with E-state index in [2.05, 4.69) is 54.0 Å². The van der Waals surface area contributed by atoms with Gasteiger partial charge >= 0.3 is 0 Å². The minimum atomic E-state index is -0.583. The predicted octanol–water partition coefficient (Wildman–Crippen LogP) is 6.31. The first-order chi connectivity index (χ1) is 20.6. The summed E-state index contributed by atoms with van der Waals surface area (Å²) in [6, 6.07) is 21.9. The highest BCUT2D eigenvalue weighted by atomic mass is 35.5. The number of alkyl halides is 1. The molecule has 8 nitrogen and oxygen atoms in total. The van der Waals surface area contributed by atoms with Crippen molar-refractivity contribution >= 4 is 45.3 Å². The molecule has 0 N–H and O–H groups in total. The molecule has 42 heavy (non-hydrogen) atoms. The van der Waals surface area contributed by atoms with Crippen molar-refractivity contribution < 1.29 is 4.39 Å². The molecule has 0 unspecified atom stereocenters. The fraction of sp³-hybridized carbons (Fsp3) is 0.161. The van der Waals surface area contributed by atoms with E-state index in [1.807, 2.05) is 48.5 Å². The molecule has 2 aromatic carbocycles. The summed E-state index contributed by atoms with van der Waals surface area (Å²) < 4.78 is 12.5. The number of fused-ring (bicyclic) bond motifs is 2. The van der Waals surface area contributed by atoms with Crippen LogP contribution in [0.15, 0.2) is 79.0 Å². The van der Waals surface area contributed by atoms with Crippen LogP contribution < -0.4 is 0 Å². The molecule has 0 aliphatic carbocycles. The van der Waals surface area contributed by atoms with Crippen LogP contribution in [0, 0.1) is 23.7 Å². The third kappa shape index (κ3) is 7.67. The van der Waals surface area contributed by atoms with Gasteiger partial charge in [-0.15, -0.1) is 0 Å². The first-order valence-corrected chi connectivity index (χ1v) is 13.7. The fourth-order valence-electron chi connectivity index (χ4n) is 3.77. The van der Waals surface area contributed by atoms with Crippen molar-refractivity contribution in [2.45, 2.75) is 32.6 Å². The second-order valence-corrected chi connectivity index (χ2v) is 9.59. The molecule has 6 aromatic rings. The van der Waals surface area contributed by atoms with E-state index in [1.165, 1.54) is 0 Å². The van der Waals surface area contributed by atoms with Gasteiger partial charge in [0.25, 0.3) is 0 Å². The fourth-order valence-corrected chi connectivity index (χ4v) is 4.18. The predicted molar refractivity (Wildman–Crippen MR) is 161 cm³/mol. The number of halogens is 3. The van der Waals surface area contributed by atoms with E-state index in [0.717, 1.165) is 22.2 Å². The number of hydrogen-bond donors (Lipinski definition) is 0. The highest BCUT2D eigenvalue weighted by Gasteiger charge is 2.06. The smallest absolute Gasteiger partial charge is 0.131 e. The summed E-state index contributed by atoms with van der Waals surface area (Å²) in [4.78, 5) is 11.4. The van der Waals surface area contributed by atoms with Gasteiger partial charge in [-0.25, -0.2) is 14.4 Å². The average molecular weight is 597 g/mol. The van der Waals surface area contributed by atoms with Gasteiger partial charge in [0.2, 0.25) is 0 Å². The first-order valence-electron chi connectivity index (χ1n) is 13.0. The van der Waals surface area contributed by atoms with E-state index in [-0.39, 0.29) is 0 Å². The van der Waals surface area contributed by atoms with Crippen LogP contribution in [0.4, 0.5) is 4.39 Å². The average Bonchev–Trinajstić information content (AvgIpc) is 3.64. The molecule has 0 saturated carbocycles. The number of nitrogens with zero attached hydrogens (tertiary/aromatic N) is 8. The number of aryl methyl sites for hydroxylation is 2. The molecule has 0 atom stereocenters. The summed E-state index contributed by atoms with van der Waals surface area (Å²) in [7, 11) is 0. The third-order valence-corrected chi connectivity index (χ3v) is 6.33. The number of pyridine rings is 2. The van der Waals surface area contributed by atoms with Crippen molar-refractivity contribution in [3.8, 4) is 23.7 Å². The lowest BCUT2D eigenvalue weighted by Crippen LogP contribution is -2.01. The molecule has 0 aliphatic heterocycles. The van der Waals surface area contributed by atoms with Crippen LogP contribution in [0.5, 0.6) is 0 Å². The molecular formula is C31H23Cl2FN8. The van der Waals surface area contributed by atoms with Gasteiger partial charge in [-0.3, -0.25) is 0 Å². The van der Waals surface area contributed by atoms with Crippen molar-refractivity contribution in [2.24, 2.45) is 0 Å². The SMILES string of the molecule is Clc1cccc2nn(CCC#Cc3ccccn3)nc12.FCc1cccc(C#CCCn2nc3cccc(Cl)c3n2)n1. The summed E-state index contributed by atoms with van der Waals surface area (Å²) in [5, 5.41) is 18.6. The Labute approximate surface area is 251 Å². The first kappa shape index (κ1) is 28.7. The molecule has 0 saturated heterocycles. The van der Waals surface area contributed by atoms with Crippen LogP contribution in [-0.4, -0.2) is 40.0 Å². The van der Waals surface area contributed by atoms with Crippen molar-refractivity contribution in [1.29, 1.82) is 0 Å². The Morgan fingerprint density at radius 1 is 0.643 bits per heavy atom. The van der Waals surface area contributed by atoms with Crippen LogP contribution in [-0.2, 0) is 19.8 Å². The van der Waals surface area contributed by atoms with Crippen LogP contribution >= 0.6 is 23.2 Å². The zero-order valence-electron chi connectivity index (χ0n) is 22.3. The number of benzene rings is 2. The van der Waals surface area contributed by atoms with Gasteiger partial charge in [-0.1, -0.05) is 59.3 Å². The minimum absolute atomic E-state index is 0.390. The maximum absolute atomic E-state index is 12.5. The van der Waals surface area contributed by atoms with E-state index in [9.17, 15) is 4.39 Å². The highest BCUT2D eigenvalue weighted by molar-refractivity contribution is 6.35. The largest absolute Gasteiger partial charge is 0.248 e. The Bertz CT molecular complexity index is 1930. The second kappa shape index (κ2) is 14.2. The lowest BCUT2D eigenvalue weighted by Gasteiger charge is -1.94. The quantitative estimate of drug-likeness (QED) is 0.217. The van der Waals surface area contributed by atoms with E-state index >= 15 is 0 Å². The van der Waals surface area contributed by atoms with Gasteiger partial charge in [-0.2, -0.15) is 30.0 Å². The van der Waals surface area contributed by atoms with Crippen molar-refractivity contribution in [2.75, 3.05) is 0 Å². The minimum Gasteiger partial charge on any atom is -0.248 e. The molecule has 4 heterocycles. The zero-order chi connectivity index (χ0) is 29.1. The van der Waals surface area contributed by atoms with Crippen LogP contribution in [0.2, 0.25) is 10.0 Å². The number of aromatic nitrogens is 8. The third-order valence-electron chi connectivity index (χ3n) is 5.72. The van der Waals surface area contributed by atoms with E-state index < -0.39 is 6.67 Å². The Kier molecular flexibility index (Phi) is 9.69. The summed E-state index contributed by atoms with van der Waals surface area (Å²) in [5.41, 5.74) is 4.71. The molecule has 0 aliphatic rings. The Hall–Kier alpha value is -4.83. The Morgan fingerprint density at radius 2 is 1.21 bits per heavy atom. The molecule has 0 radical (unpaired) electrons. The van der Waals surface area contributed by atoms with Gasteiger partial charge in [0.1, 0.15) is 40.1 Å². The molecular weight excluding hydrogens is 574 g/mol. The van der Waals surface area contributed by atoms with Crippen LogP contribution in [0.25, 0.3) is 22.1 Å². The maximum atomic E-state index is 12.5. The lowest BCUT2D eigenvalue weighted by molar-refractivity contribution is 0.476. The normalized spacial score (nSPS) is 10.4. The van der Waals surface area contributed by atoms with Crippen molar-refractivity contribution in [3.63, 3.8) is 0 Å². The Morgan fingerprint density at radius 3 is 1.76 bits per heavy atom. The summed E-state index contributed by atoms with van der Waals surface area (Å²) in [6.45, 7) is 0.603. The zero-order valence-corrected chi connectivity index (χ0v) is 23.8. The van der Waals surface area contributed by atoms with Crippen molar-refractivity contribution in [3.05, 3.63) is 106 Å². The highest BCUT2D eigenvalue weighted by Crippen LogP contribution is 2.20. The second-order valence-electron chi connectivity index (χ2n) is 8.77. The number of rotatable bonds is 5. The molecule has 0 fully saturated rings. The van der Waals surface area contributed by atoms with Gasteiger partial charge in [0, 0.05) is 19.0 Å². The van der Waals surface area contributed by atoms with Gasteiger partial charge in [-0.05, 0) is 60.4 Å². The summed E-state index contributed by atoms with van der Waals surface area (Å²) >= 11 is 12.1. The van der Waals surface area contributed by atoms with E-state index in [1.54, 1.807) is 40.1 Å². The summed E-state index contributed by atoms with van der Waals surface area (Å²) in [6.07, 6.45) is 2.96. The standard InChI is InChI=1S/C16H12ClFN4.C15H11ClN4/c17-14-8-4-9-15-16(14)21-22(20-15)10-2-1-5-12-6-3-7-13(11-18)19-12;16-13-8-5-9-14-15(13)19-20(18-14)11-4-2-7-12-6-1-3-10-17-12/h3-4,6-9H,2,10-11H2;1,3,5-6,8-10H,4,11H2. The lowest BCUT2D eigenvalue weighted by atomic mass is 10.3. The molecule has 0 bridgehead atoms. The molecule has 11 heteroatoms. The number of hydrogen-bond acceptors (Lipinski definition) is 6. The van der Waals surface area contributed by atoms with E-state index in [4.69, 9.17) is 23.2 Å². The topological polar surface area (TPSA) is 87.2 Å². The molecule has 0 amide bonds. The van der Waals surface area contributed by atoms with E-state index in [0.29, 0.717) is 52.9 Å². The van der Waals surface area contributed by atoms with Gasteiger partial charge in [0.05, 0.1) is 28.8 Å². The van der Waals surface area contributed by atoms with Crippen molar-refractivity contribution in [1.82, 2.24) is 40.0 Å². The van der Waals surface area contributed by atoms with Gasteiger partial charge < -0.3 is 0 Å². The molecule has 0 spiro atoms. The maximum Gasteiger partial charge on any atom is 0.131 e. The molecule has 6 rings (SSSR count). The monoisotopic (exact) mass is 596 g/mol. The van der Waals surface area contributed by atoms with Crippen LogP contribution in [0.1, 0.15) is 29.9 Å². The Balaban J connectivity index is 0.000000169. The molecule has 4 aromatic heterocycles. The molecule has 208 valence electrons. The van der Waals surface area contributed by atoms with Gasteiger partial charge in [0.15, 0.2) is 0 Å². The summed E-state index contributed by atoms with van der Waals surface area (Å²) in [5.74, 6) is 12.0.